The van der Waals surface area contributed by atoms with Gasteiger partial charge in [0, 0.05) is 20.5 Å². The number of hydrogen-bond donors (Lipinski definition) is 0. The number of carbonyl (C=O) groups is 1. The number of hydroxylamine groups is 2. The highest BCUT2D eigenvalue weighted by Gasteiger charge is 2.03. The van der Waals surface area contributed by atoms with Crippen molar-refractivity contribution in [2.24, 2.45) is 0 Å². The standard InChI is InChI=1S/C20H39NO2/c1-4-5-6-7-8-9-10-11-12-13-14-15-16-17-18-19-20(22)23-21(2)3/h11-12H,4-10,13-19H2,1-3H3/b12-11-. The van der Waals surface area contributed by atoms with Gasteiger partial charge in [-0.1, -0.05) is 70.4 Å². The van der Waals surface area contributed by atoms with Crippen LogP contribution in [0.1, 0.15) is 96.8 Å². The van der Waals surface area contributed by atoms with Crippen molar-refractivity contribution in [2.45, 2.75) is 96.8 Å². The molecule has 0 unspecified atom stereocenters. The largest absolute Gasteiger partial charge is 0.369 e. The first-order chi connectivity index (χ1) is 11.2. The number of rotatable bonds is 16. The van der Waals surface area contributed by atoms with Gasteiger partial charge in [-0.15, -0.1) is 5.06 Å². The maximum atomic E-state index is 11.3. The molecule has 3 heteroatoms. The first-order valence-electron chi connectivity index (χ1n) is 9.70. The van der Waals surface area contributed by atoms with Crippen molar-refractivity contribution in [1.29, 1.82) is 0 Å². The van der Waals surface area contributed by atoms with E-state index in [1.165, 1.54) is 75.7 Å². The predicted octanol–water partition coefficient (Wildman–Crippen LogP) is 6.04. The first-order valence-corrected chi connectivity index (χ1v) is 9.70. The van der Waals surface area contributed by atoms with Crippen molar-refractivity contribution in [3.8, 4) is 0 Å². The van der Waals surface area contributed by atoms with Crippen molar-refractivity contribution < 1.29 is 9.63 Å². The zero-order valence-corrected chi connectivity index (χ0v) is 15.8. The fourth-order valence-corrected chi connectivity index (χ4v) is 2.59. The van der Waals surface area contributed by atoms with E-state index in [1.807, 2.05) is 0 Å². The van der Waals surface area contributed by atoms with Gasteiger partial charge in [0.15, 0.2) is 0 Å². The fourth-order valence-electron chi connectivity index (χ4n) is 2.59. The molecule has 0 aliphatic rings. The van der Waals surface area contributed by atoms with Crippen LogP contribution in [0.4, 0.5) is 0 Å². The molecule has 0 amide bonds. The molecule has 0 aliphatic heterocycles. The van der Waals surface area contributed by atoms with E-state index in [0.717, 1.165) is 12.8 Å². The summed E-state index contributed by atoms with van der Waals surface area (Å²) in [6, 6.07) is 0. The molecule has 0 fully saturated rings. The Morgan fingerprint density at radius 1 is 0.783 bits per heavy atom. The molecule has 136 valence electrons. The predicted molar refractivity (Wildman–Crippen MR) is 99.2 cm³/mol. The van der Waals surface area contributed by atoms with Gasteiger partial charge in [0.1, 0.15) is 0 Å². The highest BCUT2D eigenvalue weighted by Crippen LogP contribution is 2.10. The molecule has 0 bridgehead atoms. The molecule has 3 nitrogen and oxygen atoms in total. The van der Waals surface area contributed by atoms with Crippen LogP contribution in [-0.2, 0) is 9.63 Å². The smallest absolute Gasteiger partial charge is 0.325 e. The molecule has 0 saturated heterocycles. The van der Waals surface area contributed by atoms with E-state index in [9.17, 15) is 4.79 Å². The lowest BCUT2D eigenvalue weighted by Crippen LogP contribution is -2.18. The molecule has 0 atom stereocenters. The summed E-state index contributed by atoms with van der Waals surface area (Å²) in [5, 5.41) is 1.46. The van der Waals surface area contributed by atoms with Gasteiger partial charge in [0.25, 0.3) is 0 Å². The van der Waals surface area contributed by atoms with Crippen LogP contribution in [0.5, 0.6) is 0 Å². The van der Waals surface area contributed by atoms with Crippen LogP contribution in [0, 0.1) is 0 Å². The lowest BCUT2D eigenvalue weighted by molar-refractivity contribution is -0.178. The second-order valence-electron chi connectivity index (χ2n) is 6.61. The van der Waals surface area contributed by atoms with Crippen LogP contribution in [-0.4, -0.2) is 25.1 Å². The van der Waals surface area contributed by atoms with Gasteiger partial charge in [-0.3, -0.25) is 4.79 Å². The minimum Gasteiger partial charge on any atom is -0.369 e. The minimum atomic E-state index is -0.118. The summed E-state index contributed by atoms with van der Waals surface area (Å²) in [6.45, 7) is 2.27. The van der Waals surface area contributed by atoms with Crippen molar-refractivity contribution in [2.75, 3.05) is 14.1 Å². The number of hydrogen-bond acceptors (Lipinski definition) is 3. The lowest BCUT2D eigenvalue weighted by atomic mass is 10.1. The van der Waals surface area contributed by atoms with E-state index >= 15 is 0 Å². The zero-order valence-electron chi connectivity index (χ0n) is 15.8. The Morgan fingerprint density at radius 3 is 1.78 bits per heavy atom. The average Bonchev–Trinajstić information content (AvgIpc) is 2.50. The summed E-state index contributed by atoms with van der Waals surface area (Å²) in [5.41, 5.74) is 0. The number of unbranched alkanes of at least 4 members (excludes halogenated alkanes) is 11. The topological polar surface area (TPSA) is 29.5 Å². The summed E-state index contributed by atoms with van der Waals surface area (Å²) in [6.07, 6.45) is 21.8. The Morgan fingerprint density at radius 2 is 1.26 bits per heavy atom. The molecule has 0 N–H and O–H groups in total. The maximum absolute atomic E-state index is 11.3. The monoisotopic (exact) mass is 325 g/mol. The van der Waals surface area contributed by atoms with E-state index in [-0.39, 0.29) is 5.97 Å². The van der Waals surface area contributed by atoms with Crippen molar-refractivity contribution in [3.63, 3.8) is 0 Å². The quantitative estimate of drug-likeness (QED) is 0.197. The molecule has 0 aliphatic carbocycles. The maximum Gasteiger partial charge on any atom is 0.325 e. The van der Waals surface area contributed by atoms with Crippen LogP contribution >= 0.6 is 0 Å². The molecule has 0 aromatic carbocycles. The van der Waals surface area contributed by atoms with Gasteiger partial charge in [0.05, 0.1) is 0 Å². The third-order valence-corrected chi connectivity index (χ3v) is 3.93. The van der Waals surface area contributed by atoms with Crippen LogP contribution in [0.15, 0.2) is 12.2 Å². The van der Waals surface area contributed by atoms with Crippen molar-refractivity contribution >= 4 is 5.97 Å². The second kappa shape index (κ2) is 17.5. The molecule has 0 aromatic rings. The Kier molecular flexibility index (Phi) is 16.9. The van der Waals surface area contributed by atoms with Gasteiger partial charge in [-0.25, -0.2) is 0 Å². The lowest BCUT2D eigenvalue weighted by Gasteiger charge is -2.09. The Labute approximate surface area is 144 Å². The van der Waals surface area contributed by atoms with Crippen molar-refractivity contribution in [1.82, 2.24) is 5.06 Å². The zero-order chi connectivity index (χ0) is 17.2. The first kappa shape index (κ1) is 22.2. The van der Waals surface area contributed by atoms with Crippen LogP contribution < -0.4 is 0 Å². The Bertz CT molecular complexity index is 287. The fraction of sp³-hybridized carbons (Fsp3) is 0.850. The molecule has 0 heterocycles. The van der Waals surface area contributed by atoms with Crippen LogP contribution in [0.25, 0.3) is 0 Å². The van der Waals surface area contributed by atoms with Gasteiger partial charge in [-0.2, -0.15) is 0 Å². The molecule has 0 aromatic heterocycles. The summed E-state index contributed by atoms with van der Waals surface area (Å²) >= 11 is 0. The average molecular weight is 326 g/mol. The highest BCUT2D eigenvalue weighted by atomic mass is 16.7. The molecule has 0 saturated carbocycles. The number of nitrogens with zero attached hydrogens (tertiary/aromatic N) is 1. The molecule has 23 heavy (non-hydrogen) atoms. The van der Waals surface area contributed by atoms with Crippen molar-refractivity contribution in [3.05, 3.63) is 12.2 Å². The van der Waals surface area contributed by atoms with E-state index in [1.54, 1.807) is 14.1 Å². The van der Waals surface area contributed by atoms with Gasteiger partial charge < -0.3 is 4.84 Å². The van der Waals surface area contributed by atoms with E-state index < -0.39 is 0 Å². The normalized spacial score (nSPS) is 11.5. The summed E-state index contributed by atoms with van der Waals surface area (Å²) in [4.78, 5) is 16.3. The van der Waals surface area contributed by atoms with E-state index in [0.29, 0.717) is 6.42 Å². The SMILES string of the molecule is CCCCCCCC/C=C\CCCCCCCC(=O)ON(C)C. The molecule has 0 spiro atoms. The summed E-state index contributed by atoms with van der Waals surface area (Å²) < 4.78 is 0. The van der Waals surface area contributed by atoms with Crippen LogP contribution in [0.2, 0.25) is 0 Å². The van der Waals surface area contributed by atoms with Gasteiger partial charge in [0.2, 0.25) is 0 Å². The number of allylic oxidation sites excluding steroid dienone is 2. The van der Waals surface area contributed by atoms with E-state index in [4.69, 9.17) is 4.84 Å². The third-order valence-electron chi connectivity index (χ3n) is 3.93. The Balaban J connectivity index is 3.18. The van der Waals surface area contributed by atoms with E-state index in [2.05, 4.69) is 19.1 Å². The van der Waals surface area contributed by atoms with Gasteiger partial charge in [-0.05, 0) is 32.1 Å². The molecular weight excluding hydrogens is 286 g/mol. The van der Waals surface area contributed by atoms with Crippen LogP contribution in [0.3, 0.4) is 0 Å². The third kappa shape index (κ3) is 19.1. The summed E-state index contributed by atoms with van der Waals surface area (Å²) in [5.74, 6) is -0.118. The molecular formula is C20H39NO2. The number of carbonyl (C=O) groups excluding carboxylic acids is 1. The summed E-state index contributed by atoms with van der Waals surface area (Å²) in [7, 11) is 3.47. The highest BCUT2D eigenvalue weighted by molar-refractivity contribution is 5.68. The molecule has 0 rings (SSSR count). The molecule has 0 radical (unpaired) electrons. The second-order valence-corrected chi connectivity index (χ2v) is 6.61. The van der Waals surface area contributed by atoms with Gasteiger partial charge >= 0.3 is 5.97 Å². The minimum absolute atomic E-state index is 0.118. The Hall–Kier alpha value is -0.830.